The van der Waals surface area contributed by atoms with E-state index in [1.165, 1.54) is 12.2 Å². The lowest BCUT2D eigenvalue weighted by Crippen LogP contribution is -2.34. The molecule has 1 aromatic rings. The first-order valence-electron chi connectivity index (χ1n) is 5.08. The lowest BCUT2D eigenvalue weighted by molar-refractivity contribution is 0.211. The Bertz CT molecular complexity index is 362. The zero-order valence-corrected chi connectivity index (χ0v) is 11.4. The maximum Gasteiger partial charge on any atom is 0.136 e. The van der Waals surface area contributed by atoms with Crippen molar-refractivity contribution < 1.29 is 0 Å². The van der Waals surface area contributed by atoms with Gasteiger partial charge in [0.25, 0.3) is 0 Å². The fourth-order valence-corrected chi connectivity index (χ4v) is 3.85. The number of rotatable bonds is 1. The summed E-state index contributed by atoms with van der Waals surface area (Å²) in [6.45, 7) is 4.60. The number of aromatic nitrogens is 2. The summed E-state index contributed by atoms with van der Waals surface area (Å²) < 4.78 is 2.87. The van der Waals surface area contributed by atoms with Crippen LogP contribution >= 0.6 is 27.7 Å². The van der Waals surface area contributed by atoms with Crippen LogP contribution in [0.25, 0.3) is 0 Å². The minimum atomic E-state index is 0.283. The minimum absolute atomic E-state index is 0.283. The summed E-state index contributed by atoms with van der Waals surface area (Å²) in [5.74, 6) is 3.09. The van der Waals surface area contributed by atoms with Crippen LogP contribution in [0, 0.1) is 5.41 Å². The van der Waals surface area contributed by atoms with E-state index in [0.29, 0.717) is 6.04 Å². The molecule has 0 radical (unpaired) electrons. The number of thioether (sulfide) groups is 1. The van der Waals surface area contributed by atoms with Crippen LogP contribution in [0.15, 0.2) is 10.7 Å². The predicted molar refractivity (Wildman–Crippen MR) is 69.1 cm³/mol. The zero-order valence-electron chi connectivity index (χ0n) is 9.03. The number of nitrogens with two attached hydrogens (primary N) is 1. The Kier molecular flexibility index (Phi) is 3.03. The van der Waals surface area contributed by atoms with Gasteiger partial charge in [-0.2, -0.15) is 16.9 Å². The van der Waals surface area contributed by atoms with Crippen molar-refractivity contribution in [3.8, 4) is 0 Å². The van der Waals surface area contributed by atoms with E-state index in [9.17, 15) is 0 Å². The van der Waals surface area contributed by atoms with Crippen LogP contribution < -0.4 is 5.73 Å². The second kappa shape index (κ2) is 4.01. The molecule has 1 atom stereocenters. The van der Waals surface area contributed by atoms with Crippen molar-refractivity contribution in [2.45, 2.75) is 26.3 Å². The number of hydrogen-bond donors (Lipinski definition) is 1. The van der Waals surface area contributed by atoms with Crippen LogP contribution in [0.4, 0.5) is 5.82 Å². The molecule has 1 aromatic heterocycles. The third-order valence-electron chi connectivity index (χ3n) is 3.15. The van der Waals surface area contributed by atoms with Gasteiger partial charge in [0, 0.05) is 5.75 Å². The lowest BCUT2D eigenvalue weighted by Gasteiger charge is -2.38. The molecule has 2 rings (SSSR count). The summed E-state index contributed by atoms with van der Waals surface area (Å²) in [6.07, 6.45) is 3.00. The van der Waals surface area contributed by atoms with E-state index >= 15 is 0 Å². The summed E-state index contributed by atoms with van der Waals surface area (Å²) >= 11 is 5.39. The van der Waals surface area contributed by atoms with Crippen molar-refractivity contribution in [1.29, 1.82) is 0 Å². The zero-order chi connectivity index (χ0) is 11.1. The molecule has 2 N–H and O–H groups in total. The Labute approximate surface area is 103 Å². The van der Waals surface area contributed by atoms with Gasteiger partial charge in [0.1, 0.15) is 5.82 Å². The first kappa shape index (κ1) is 11.3. The summed E-state index contributed by atoms with van der Waals surface area (Å²) in [5, 5.41) is 4.37. The molecular formula is C10H16BrN3S. The molecule has 3 nitrogen and oxygen atoms in total. The fraction of sp³-hybridized carbons (Fsp3) is 0.700. The topological polar surface area (TPSA) is 43.8 Å². The third-order valence-corrected chi connectivity index (χ3v) is 4.81. The van der Waals surface area contributed by atoms with Crippen LogP contribution in [0.5, 0.6) is 0 Å². The second-order valence-electron chi connectivity index (χ2n) is 4.65. The van der Waals surface area contributed by atoms with Crippen molar-refractivity contribution in [2.24, 2.45) is 5.41 Å². The van der Waals surface area contributed by atoms with Crippen molar-refractivity contribution in [3.05, 3.63) is 10.7 Å². The molecule has 5 heteroatoms. The fourth-order valence-electron chi connectivity index (χ4n) is 1.92. The molecule has 84 valence electrons. The molecule has 0 aromatic carbocycles. The molecule has 0 amide bonds. The normalized spacial score (nSPS) is 25.4. The van der Waals surface area contributed by atoms with Gasteiger partial charge in [0.15, 0.2) is 0 Å². The van der Waals surface area contributed by atoms with Gasteiger partial charge in [0.2, 0.25) is 0 Å². The van der Waals surface area contributed by atoms with E-state index in [1.54, 1.807) is 6.20 Å². The number of nitrogens with zero attached hydrogens (tertiary/aromatic N) is 2. The van der Waals surface area contributed by atoms with E-state index in [1.807, 2.05) is 16.4 Å². The van der Waals surface area contributed by atoms with E-state index in [2.05, 4.69) is 34.9 Å². The van der Waals surface area contributed by atoms with Gasteiger partial charge >= 0.3 is 0 Å². The Morgan fingerprint density at radius 1 is 1.67 bits per heavy atom. The van der Waals surface area contributed by atoms with Crippen LogP contribution in [0.1, 0.15) is 26.3 Å². The highest BCUT2D eigenvalue weighted by Crippen LogP contribution is 2.43. The summed E-state index contributed by atoms with van der Waals surface area (Å²) in [6, 6.07) is 0.405. The SMILES string of the molecule is CC1(C)CCSCC1n1ncc(Br)c1N. The molecule has 0 bridgehead atoms. The molecule has 2 heterocycles. The lowest BCUT2D eigenvalue weighted by atomic mass is 9.82. The van der Waals surface area contributed by atoms with Crippen LogP contribution in [-0.2, 0) is 0 Å². The Hall–Kier alpha value is -0.160. The van der Waals surface area contributed by atoms with E-state index in [4.69, 9.17) is 5.73 Å². The molecule has 1 fully saturated rings. The predicted octanol–water partition coefficient (Wildman–Crippen LogP) is 2.93. The van der Waals surface area contributed by atoms with Gasteiger partial charge in [-0.1, -0.05) is 13.8 Å². The minimum Gasteiger partial charge on any atom is -0.383 e. The van der Waals surface area contributed by atoms with E-state index in [0.717, 1.165) is 16.0 Å². The van der Waals surface area contributed by atoms with Crippen molar-refractivity contribution in [1.82, 2.24) is 9.78 Å². The van der Waals surface area contributed by atoms with Crippen molar-refractivity contribution >= 4 is 33.5 Å². The monoisotopic (exact) mass is 289 g/mol. The molecule has 1 saturated heterocycles. The van der Waals surface area contributed by atoms with Gasteiger partial charge in [-0.15, -0.1) is 0 Å². The van der Waals surface area contributed by atoms with Gasteiger partial charge in [-0.05, 0) is 33.5 Å². The van der Waals surface area contributed by atoms with Gasteiger partial charge in [0.05, 0.1) is 16.7 Å². The van der Waals surface area contributed by atoms with Gasteiger partial charge < -0.3 is 5.73 Å². The highest BCUT2D eigenvalue weighted by Gasteiger charge is 2.35. The summed E-state index contributed by atoms with van der Waals surface area (Å²) in [4.78, 5) is 0. The second-order valence-corrected chi connectivity index (χ2v) is 6.66. The molecule has 1 aliphatic rings. The van der Waals surface area contributed by atoms with Gasteiger partial charge in [-0.3, -0.25) is 0 Å². The van der Waals surface area contributed by atoms with Crippen LogP contribution in [-0.4, -0.2) is 21.3 Å². The molecular weight excluding hydrogens is 274 g/mol. The Balaban J connectivity index is 2.33. The molecule has 0 aliphatic carbocycles. The maximum atomic E-state index is 6.00. The smallest absolute Gasteiger partial charge is 0.136 e. The molecule has 15 heavy (non-hydrogen) atoms. The number of halogens is 1. The first-order valence-corrected chi connectivity index (χ1v) is 7.03. The highest BCUT2D eigenvalue weighted by atomic mass is 79.9. The number of hydrogen-bond acceptors (Lipinski definition) is 3. The summed E-state index contributed by atoms with van der Waals surface area (Å²) in [5.41, 5.74) is 6.28. The Morgan fingerprint density at radius 3 is 2.93 bits per heavy atom. The third kappa shape index (κ3) is 2.04. The molecule has 1 unspecified atom stereocenters. The van der Waals surface area contributed by atoms with Crippen molar-refractivity contribution in [2.75, 3.05) is 17.2 Å². The average molecular weight is 290 g/mol. The number of anilines is 1. The largest absolute Gasteiger partial charge is 0.383 e. The standard InChI is InChI=1S/C10H16BrN3S/c1-10(2)3-4-15-6-8(10)14-9(12)7(11)5-13-14/h5,8H,3-4,6,12H2,1-2H3. The molecule has 1 aliphatic heterocycles. The summed E-state index contributed by atoms with van der Waals surface area (Å²) in [7, 11) is 0. The maximum absolute atomic E-state index is 6.00. The molecule has 0 saturated carbocycles. The Morgan fingerprint density at radius 2 is 2.40 bits per heavy atom. The molecule has 0 spiro atoms. The van der Waals surface area contributed by atoms with E-state index < -0.39 is 0 Å². The quantitative estimate of drug-likeness (QED) is 0.865. The van der Waals surface area contributed by atoms with Crippen molar-refractivity contribution in [3.63, 3.8) is 0 Å². The number of nitrogen functional groups attached to an aromatic ring is 1. The van der Waals surface area contributed by atoms with E-state index in [-0.39, 0.29) is 5.41 Å². The first-order chi connectivity index (χ1) is 7.02. The van der Waals surface area contributed by atoms with Crippen LogP contribution in [0.3, 0.4) is 0 Å². The van der Waals surface area contributed by atoms with Gasteiger partial charge in [-0.25, -0.2) is 4.68 Å². The average Bonchev–Trinajstić information content (AvgIpc) is 2.48. The highest BCUT2D eigenvalue weighted by molar-refractivity contribution is 9.10. The van der Waals surface area contributed by atoms with Crippen LogP contribution in [0.2, 0.25) is 0 Å².